The zero-order valence-corrected chi connectivity index (χ0v) is 13.1. The summed E-state index contributed by atoms with van der Waals surface area (Å²) in [6.45, 7) is 1.46. The number of likely N-dealkylation sites (tertiary alicyclic amines) is 1. The Bertz CT molecular complexity index is 748. The molecule has 1 atom stereocenters. The van der Waals surface area contributed by atoms with Crippen LogP contribution < -0.4 is 0 Å². The molecule has 0 aliphatic carbocycles. The van der Waals surface area contributed by atoms with E-state index >= 15 is 0 Å². The van der Waals surface area contributed by atoms with Crippen LogP contribution >= 0.6 is 0 Å². The lowest BCUT2D eigenvalue weighted by Gasteiger charge is -2.39. The van der Waals surface area contributed by atoms with E-state index in [0.717, 1.165) is 11.0 Å². The number of para-hydroxylation sites is 2. The Kier molecular flexibility index (Phi) is 4.03. The number of hydrogen-bond donors (Lipinski definition) is 1. The lowest BCUT2D eigenvalue weighted by molar-refractivity contribution is -0.272. The lowest BCUT2D eigenvalue weighted by atomic mass is 9.90. The van der Waals surface area contributed by atoms with Crippen molar-refractivity contribution in [2.24, 2.45) is 0 Å². The number of nitrogens with zero attached hydrogens (tertiary/aromatic N) is 3. The van der Waals surface area contributed by atoms with Crippen LogP contribution in [0.2, 0.25) is 0 Å². The average molecular weight is 341 g/mol. The first kappa shape index (κ1) is 16.8. The average Bonchev–Trinajstić information content (AvgIpc) is 2.97. The Morgan fingerprint density at radius 3 is 2.54 bits per heavy atom. The molecule has 130 valence electrons. The van der Waals surface area contributed by atoms with Gasteiger partial charge in [0.1, 0.15) is 6.04 Å². The Labute approximate surface area is 136 Å². The van der Waals surface area contributed by atoms with Crippen molar-refractivity contribution < 1.29 is 23.1 Å². The highest BCUT2D eigenvalue weighted by atomic mass is 19.4. The van der Waals surface area contributed by atoms with E-state index in [1.165, 1.54) is 4.90 Å². The first-order valence-electron chi connectivity index (χ1n) is 7.72. The van der Waals surface area contributed by atoms with E-state index in [2.05, 4.69) is 4.98 Å². The van der Waals surface area contributed by atoms with Crippen LogP contribution in [0.5, 0.6) is 0 Å². The molecule has 1 unspecified atom stereocenters. The SMILES string of the molecule is CC(C(=O)N1CCC(O)(C(F)(F)F)CC1)n1cnc2ccccc21. The third kappa shape index (κ3) is 2.75. The van der Waals surface area contributed by atoms with E-state index in [0.29, 0.717) is 0 Å². The molecule has 0 saturated carbocycles. The third-order valence-corrected chi connectivity index (χ3v) is 4.69. The maximum Gasteiger partial charge on any atom is 0.417 e. The van der Waals surface area contributed by atoms with E-state index in [-0.39, 0.29) is 19.0 Å². The highest BCUT2D eigenvalue weighted by Crippen LogP contribution is 2.38. The number of rotatable bonds is 2. The van der Waals surface area contributed by atoms with Crippen LogP contribution in [0.4, 0.5) is 13.2 Å². The minimum Gasteiger partial charge on any atom is -0.380 e. The number of hydrogen-bond acceptors (Lipinski definition) is 3. The maximum atomic E-state index is 12.8. The molecule has 1 fully saturated rings. The summed E-state index contributed by atoms with van der Waals surface area (Å²) in [6.07, 6.45) is -4.11. The Balaban J connectivity index is 1.74. The molecule has 1 aliphatic heterocycles. The van der Waals surface area contributed by atoms with Crippen molar-refractivity contribution in [3.63, 3.8) is 0 Å². The van der Waals surface area contributed by atoms with Gasteiger partial charge in [-0.2, -0.15) is 13.2 Å². The summed E-state index contributed by atoms with van der Waals surface area (Å²) in [6, 6.07) is 6.77. The molecule has 1 aromatic carbocycles. The number of aromatic nitrogens is 2. The number of halogens is 3. The summed E-state index contributed by atoms with van der Waals surface area (Å²) < 4.78 is 40.2. The van der Waals surface area contributed by atoms with Gasteiger partial charge in [-0.25, -0.2) is 4.98 Å². The number of imidazole rings is 1. The largest absolute Gasteiger partial charge is 0.417 e. The summed E-state index contributed by atoms with van der Waals surface area (Å²) >= 11 is 0. The normalized spacial score (nSPS) is 19.5. The number of carbonyl (C=O) groups is 1. The highest BCUT2D eigenvalue weighted by molar-refractivity contribution is 5.83. The van der Waals surface area contributed by atoms with Crippen LogP contribution in [-0.2, 0) is 4.79 Å². The van der Waals surface area contributed by atoms with E-state index in [1.54, 1.807) is 17.8 Å². The molecule has 0 bridgehead atoms. The molecule has 3 rings (SSSR count). The molecule has 1 aliphatic rings. The van der Waals surface area contributed by atoms with E-state index in [9.17, 15) is 23.1 Å². The molecular formula is C16H18F3N3O2. The van der Waals surface area contributed by atoms with Gasteiger partial charge in [0, 0.05) is 25.9 Å². The molecule has 1 N–H and O–H groups in total. The third-order valence-electron chi connectivity index (χ3n) is 4.69. The molecule has 1 aromatic heterocycles. The van der Waals surface area contributed by atoms with E-state index < -0.39 is 30.7 Å². The number of aliphatic hydroxyl groups is 1. The quantitative estimate of drug-likeness (QED) is 0.913. The number of fused-ring (bicyclic) bond motifs is 1. The van der Waals surface area contributed by atoms with Crippen LogP contribution in [0, 0.1) is 0 Å². The van der Waals surface area contributed by atoms with Crippen LogP contribution in [-0.4, -0.2) is 50.3 Å². The van der Waals surface area contributed by atoms with Crippen LogP contribution in [0.15, 0.2) is 30.6 Å². The van der Waals surface area contributed by atoms with Gasteiger partial charge in [-0.15, -0.1) is 0 Å². The zero-order valence-electron chi connectivity index (χ0n) is 13.1. The van der Waals surface area contributed by atoms with Gasteiger partial charge in [0.15, 0.2) is 5.60 Å². The molecule has 24 heavy (non-hydrogen) atoms. The zero-order chi connectivity index (χ0) is 17.5. The van der Waals surface area contributed by atoms with E-state index in [4.69, 9.17) is 0 Å². The molecule has 1 saturated heterocycles. The van der Waals surface area contributed by atoms with Gasteiger partial charge in [0.05, 0.1) is 17.4 Å². The fraction of sp³-hybridized carbons (Fsp3) is 0.500. The summed E-state index contributed by atoms with van der Waals surface area (Å²) in [4.78, 5) is 18.2. The van der Waals surface area contributed by atoms with Crippen molar-refractivity contribution in [2.75, 3.05) is 13.1 Å². The van der Waals surface area contributed by atoms with Crippen molar-refractivity contribution in [1.82, 2.24) is 14.5 Å². The van der Waals surface area contributed by atoms with Gasteiger partial charge in [-0.05, 0) is 19.1 Å². The number of alkyl halides is 3. The molecule has 8 heteroatoms. The maximum absolute atomic E-state index is 12.8. The van der Waals surface area contributed by atoms with Crippen molar-refractivity contribution in [3.8, 4) is 0 Å². The predicted octanol–water partition coefficient (Wildman–Crippen LogP) is 2.51. The summed E-state index contributed by atoms with van der Waals surface area (Å²) in [5.41, 5.74) is -1.15. The second-order valence-corrected chi connectivity index (χ2v) is 6.17. The van der Waals surface area contributed by atoms with Crippen molar-refractivity contribution in [1.29, 1.82) is 0 Å². The lowest BCUT2D eigenvalue weighted by Crippen LogP contribution is -2.55. The van der Waals surface area contributed by atoms with Gasteiger partial charge in [0.2, 0.25) is 5.91 Å². The molecule has 2 heterocycles. The van der Waals surface area contributed by atoms with Crippen molar-refractivity contribution in [3.05, 3.63) is 30.6 Å². The number of amides is 1. The van der Waals surface area contributed by atoms with Crippen LogP contribution in [0.1, 0.15) is 25.8 Å². The minimum absolute atomic E-state index is 0.119. The topological polar surface area (TPSA) is 58.4 Å². The van der Waals surface area contributed by atoms with E-state index in [1.807, 2.05) is 24.3 Å². The standard InChI is InChI=1S/C16H18F3N3O2/c1-11(22-10-20-12-4-2-3-5-13(12)22)14(23)21-8-6-15(24,7-9-21)16(17,18)19/h2-5,10-11,24H,6-9H2,1H3. The Morgan fingerprint density at radius 2 is 1.92 bits per heavy atom. The van der Waals surface area contributed by atoms with Gasteiger partial charge < -0.3 is 14.6 Å². The first-order chi connectivity index (χ1) is 11.2. The molecule has 2 aromatic rings. The fourth-order valence-electron chi connectivity index (χ4n) is 3.05. The van der Waals surface area contributed by atoms with Crippen molar-refractivity contribution >= 4 is 16.9 Å². The second kappa shape index (κ2) is 5.77. The van der Waals surface area contributed by atoms with Crippen molar-refractivity contribution in [2.45, 2.75) is 37.6 Å². The molecule has 0 radical (unpaired) electrons. The highest BCUT2D eigenvalue weighted by Gasteiger charge is 2.55. The smallest absolute Gasteiger partial charge is 0.380 e. The first-order valence-corrected chi connectivity index (χ1v) is 7.72. The number of benzene rings is 1. The Morgan fingerprint density at radius 1 is 1.29 bits per heavy atom. The second-order valence-electron chi connectivity index (χ2n) is 6.17. The van der Waals surface area contributed by atoms with Gasteiger partial charge in [0.25, 0.3) is 0 Å². The minimum atomic E-state index is -4.67. The summed E-state index contributed by atoms with van der Waals surface area (Å²) in [5, 5.41) is 9.69. The summed E-state index contributed by atoms with van der Waals surface area (Å²) in [7, 11) is 0. The van der Waals surface area contributed by atoms with Crippen LogP contribution in [0.3, 0.4) is 0 Å². The molecule has 5 nitrogen and oxygen atoms in total. The molecule has 0 spiro atoms. The molecule has 1 amide bonds. The summed E-state index contributed by atoms with van der Waals surface area (Å²) in [5.74, 6) is -0.276. The predicted molar refractivity (Wildman–Crippen MR) is 81.3 cm³/mol. The molecular weight excluding hydrogens is 323 g/mol. The van der Waals surface area contributed by atoms with Gasteiger partial charge in [-0.1, -0.05) is 12.1 Å². The number of carbonyl (C=O) groups excluding carboxylic acids is 1. The fourth-order valence-corrected chi connectivity index (χ4v) is 3.05. The van der Waals surface area contributed by atoms with Crippen LogP contribution in [0.25, 0.3) is 11.0 Å². The Hall–Kier alpha value is -2.09. The monoisotopic (exact) mass is 341 g/mol. The van der Waals surface area contributed by atoms with Gasteiger partial charge in [-0.3, -0.25) is 4.79 Å². The van der Waals surface area contributed by atoms with Gasteiger partial charge >= 0.3 is 6.18 Å². The number of piperidine rings is 1.